The van der Waals surface area contributed by atoms with Crippen LogP contribution in [0.1, 0.15) is 11.1 Å². The molecule has 0 unspecified atom stereocenters. The Bertz CT molecular complexity index is 3220. The molecule has 0 aromatic heterocycles. The van der Waals surface area contributed by atoms with Crippen molar-refractivity contribution in [2.75, 3.05) is 0 Å². The van der Waals surface area contributed by atoms with Crippen LogP contribution in [0, 0.1) is 20.2 Å². The molecule has 322 valence electrons. The molecule has 0 amide bonds. The smallest absolute Gasteiger partial charge is 0.744 e. The van der Waals surface area contributed by atoms with Crippen molar-refractivity contribution in [3.63, 3.8) is 0 Å². The Kier molecular flexibility index (Phi) is 15.5. The predicted octanol–water partition coefficient (Wildman–Crippen LogP) is 3.14. The van der Waals surface area contributed by atoms with Crippen LogP contribution >= 0.6 is 0 Å². The Hall–Kier alpha value is -6.58. The van der Waals surface area contributed by atoms with Gasteiger partial charge in [0.1, 0.15) is 31.6 Å². The van der Waals surface area contributed by atoms with E-state index in [2.05, 4.69) is 30.4 Å². The number of nitrogens with zero attached hydrogens (tertiary/aromatic N) is 8. The number of fused-ring (bicyclic) bond motifs is 2. The number of aliphatic hydroxyl groups excluding tert-OH is 2. The van der Waals surface area contributed by atoms with Gasteiger partial charge in [-0.25, -0.2) is 26.8 Å². The van der Waals surface area contributed by atoms with Crippen molar-refractivity contribution in [1.82, 2.24) is 0 Å². The first-order valence-corrected chi connectivity index (χ1v) is 20.6. The molecule has 0 bridgehead atoms. The SMILES string of the molecule is O=[N+]([O-])c1ccc(N=Nc2c(S(=O)(=O)[O-])cc3ccc(N=C(O)c4cccc(C(O)=Nc5ccc6cc(S(=O)(=O)[O-])c(N=Nc7ccc([N+](=O)[O-])cc7)c(O)c6c5)c4)cc3c2O)cc1.[Na+].[Na+]. The molecular weight excluding hydrogens is 927 g/mol. The second-order valence-corrected chi connectivity index (χ2v) is 16.0. The molecular formula is C40H24N8Na2O14S2. The molecule has 0 fully saturated rings. The molecule has 4 N–H and O–H groups in total. The molecule has 7 aromatic carbocycles. The Morgan fingerprint density at radius 1 is 0.485 bits per heavy atom. The number of benzene rings is 7. The molecule has 0 aliphatic carbocycles. The van der Waals surface area contributed by atoms with E-state index >= 15 is 0 Å². The summed E-state index contributed by atoms with van der Waals surface area (Å²) in [5.74, 6) is -2.75. The molecule has 0 saturated heterocycles. The maximum Gasteiger partial charge on any atom is 1.00 e. The van der Waals surface area contributed by atoms with Gasteiger partial charge in [0.25, 0.3) is 11.4 Å². The Morgan fingerprint density at radius 3 is 1.17 bits per heavy atom. The van der Waals surface area contributed by atoms with Crippen molar-refractivity contribution in [2.45, 2.75) is 9.79 Å². The third-order valence-corrected chi connectivity index (χ3v) is 10.8. The molecule has 66 heavy (non-hydrogen) atoms. The van der Waals surface area contributed by atoms with E-state index in [0.717, 1.165) is 36.4 Å². The van der Waals surface area contributed by atoms with Crippen LogP contribution in [0.4, 0.5) is 45.5 Å². The second-order valence-electron chi connectivity index (χ2n) is 13.3. The van der Waals surface area contributed by atoms with Gasteiger partial charge in [-0.2, -0.15) is 10.2 Å². The number of aromatic hydroxyl groups is 2. The Balaban J connectivity index is 0.00000408. The number of nitro benzene ring substituents is 2. The van der Waals surface area contributed by atoms with Crippen LogP contribution in [-0.2, 0) is 20.2 Å². The summed E-state index contributed by atoms with van der Waals surface area (Å²) in [5, 5.41) is 81.4. The standard InChI is InChI=1S/C40H26N8O14S2.2Na/c49-37-31-19-27(6-4-21(31)17-33(63(57,58)59)35(37)45-43-25-8-12-29(13-9-25)47(53)54)41-39(51)23-2-1-3-24(16-23)40(52)42-28-7-5-22-18-34(64(60,61)62)36(38(50)32(22)20-28)46-44-26-10-14-30(15-11-26)48(55)56;;/h1-20,49-50H,(H,41,51)(H,42,52)(H,57,58,59)(H,60,61,62);;/q;2*+1/p-2. The topological polar surface area (TPSA) is 356 Å². The van der Waals surface area contributed by atoms with E-state index in [0.29, 0.717) is 0 Å². The number of rotatable bonds is 12. The largest absolute Gasteiger partial charge is 1.00 e. The number of aliphatic imine (C=N–C) groups is 2. The van der Waals surface area contributed by atoms with Gasteiger partial charge in [0.2, 0.25) is 11.8 Å². The molecule has 0 heterocycles. The first-order valence-electron chi connectivity index (χ1n) is 17.8. The fourth-order valence-corrected chi connectivity index (χ4v) is 7.33. The number of phenols is 2. The van der Waals surface area contributed by atoms with Gasteiger partial charge < -0.3 is 29.5 Å². The van der Waals surface area contributed by atoms with Crippen LogP contribution < -0.4 is 59.1 Å². The zero-order valence-corrected chi connectivity index (χ0v) is 39.4. The fourth-order valence-electron chi connectivity index (χ4n) is 6.04. The van der Waals surface area contributed by atoms with Gasteiger partial charge in [-0.05, 0) is 89.6 Å². The molecule has 0 saturated carbocycles. The van der Waals surface area contributed by atoms with E-state index in [1.165, 1.54) is 84.9 Å². The van der Waals surface area contributed by atoms with Crippen LogP contribution in [0.25, 0.3) is 21.5 Å². The van der Waals surface area contributed by atoms with E-state index in [-0.39, 0.29) is 126 Å². The van der Waals surface area contributed by atoms with Crippen LogP contribution in [0.15, 0.2) is 162 Å². The Morgan fingerprint density at radius 2 is 0.833 bits per heavy atom. The quantitative estimate of drug-likeness (QED) is 0.0260. The summed E-state index contributed by atoms with van der Waals surface area (Å²) in [6.45, 7) is 0. The maximum absolute atomic E-state index is 12.1. The van der Waals surface area contributed by atoms with E-state index in [1.54, 1.807) is 0 Å². The second kappa shape index (κ2) is 20.3. The summed E-state index contributed by atoms with van der Waals surface area (Å²) in [5.41, 5.74) is -1.73. The minimum atomic E-state index is -5.21. The van der Waals surface area contributed by atoms with Crippen LogP contribution in [0.5, 0.6) is 11.5 Å². The Labute approximate surface area is 415 Å². The predicted molar refractivity (Wildman–Crippen MR) is 226 cm³/mol. The number of azo groups is 2. The number of non-ortho nitro benzene ring substituents is 2. The number of phenolic OH excluding ortho intramolecular Hbond substituents is 2. The van der Waals surface area contributed by atoms with Crippen molar-refractivity contribution >= 4 is 99.1 Å². The number of hydrogen-bond donors (Lipinski definition) is 4. The minimum Gasteiger partial charge on any atom is -0.744 e. The average molecular weight is 951 g/mol. The van der Waals surface area contributed by atoms with Crippen molar-refractivity contribution < 1.29 is 115 Å². The first-order chi connectivity index (χ1) is 30.3. The van der Waals surface area contributed by atoms with E-state index in [9.17, 15) is 66.6 Å². The number of nitro groups is 2. The molecule has 0 radical (unpaired) electrons. The van der Waals surface area contributed by atoms with E-state index in [1.807, 2.05) is 0 Å². The monoisotopic (exact) mass is 950 g/mol. The zero-order valence-electron chi connectivity index (χ0n) is 33.8. The van der Waals surface area contributed by atoms with Crippen LogP contribution in [0.3, 0.4) is 0 Å². The van der Waals surface area contributed by atoms with Gasteiger partial charge in [-0.1, -0.05) is 18.2 Å². The molecule has 0 aliphatic heterocycles. The van der Waals surface area contributed by atoms with E-state index in [4.69, 9.17) is 0 Å². The van der Waals surface area contributed by atoms with Gasteiger partial charge in [0, 0.05) is 46.2 Å². The first kappa shape index (κ1) is 50.4. The molecule has 0 aliphatic rings. The van der Waals surface area contributed by atoms with Gasteiger partial charge in [-0.15, -0.1) is 10.2 Å². The minimum absolute atomic E-state index is 0. The number of hydrogen-bond acceptors (Lipinski definition) is 18. The van der Waals surface area contributed by atoms with Gasteiger partial charge in [0.15, 0.2) is 11.5 Å². The summed E-state index contributed by atoms with van der Waals surface area (Å²) in [4.78, 5) is 27.1. The molecule has 0 spiro atoms. The third-order valence-electron chi connectivity index (χ3n) is 9.11. The van der Waals surface area contributed by atoms with E-state index < -0.39 is 74.5 Å². The summed E-state index contributed by atoms with van der Waals surface area (Å²) in [6, 6.07) is 24.6. The van der Waals surface area contributed by atoms with Gasteiger partial charge in [-0.3, -0.25) is 20.2 Å². The van der Waals surface area contributed by atoms with Crippen molar-refractivity contribution in [3.05, 3.63) is 153 Å². The molecule has 7 aromatic rings. The molecule has 26 heteroatoms. The fraction of sp³-hybridized carbons (Fsp3) is 0. The van der Waals surface area contributed by atoms with Gasteiger partial charge in [0.05, 0.1) is 42.4 Å². The van der Waals surface area contributed by atoms with Crippen molar-refractivity contribution in [3.8, 4) is 11.5 Å². The average Bonchev–Trinajstić information content (AvgIpc) is 3.25. The third kappa shape index (κ3) is 11.3. The van der Waals surface area contributed by atoms with Gasteiger partial charge >= 0.3 is 59.1 Å². The summed E-state index contributed by atoms with van der Waals surface area (Å²) < 4.78 is 72.9. The van der Waals surface area contributed by atoms with Crippen LogP contribution in [-0.4, -0.2) is 68.0 Å². The molecule has 22 nitrogen and oxygen atoms in total. The zero-order chi connectivity index (χ0) is 46.1. The number of aliphatic hydroxyl groups is 2. The summed E-state index contributed by atoms with van der Waals surface area (Å²) >= 11 is 0. The van der Waals surface area contributed by atoms with Crippen LogP contribution in [0.2, 0.25) is 0 Å². The van der Waals surface area contributed by atoms with Crippen molar-refractivity contribution in [1.29, 1.82) is 0 Å². The maximum atomic E-state index is 12.1. The molecule has 7 rings (SSSR count). The van der Waals surface area contributed by atoms with Crippen molar-refractivity contribution in [2.24, 2.45) is 30.4 Å². The normalized spacial score (nSPS) is 12.3. The summed E-state index contributed by atoms with van der Waals surface area (Å²) in [6.07, 6.45) is 0. The summed E-state index contributed by atoms with van der Waals surface area (Å²) in [7, 11) is -10.4. The molecule has 0 atom stereocenters.